The van der Waals surface area contributed by atoms with Gasteiger partial charge in [0, 0.05) is 12.8 Å². The van der Waals surface area contributed by atoms with Crippen LogP contribution in [0.2, 0.25) is 0 Å². The van der Waals surface area contributed by atoms with Gasteiger partial charge >= 0.3 is 11.9 Å². The normalized spacial score (nSPS) is 8.36. The topological polar surface area (TPSA) is 74.6 Å². The number of carboxylic acid groups (broad SMARTS) is 2. The molecule has 0 heterocycles. The smallest absolute Gasteiger partial charge is 0.303 e. The highest BCUT2D eigenvalue weighted by atomic mass is 32.1. The molecule has 0 bridgehead atoms. The maximum atomic E-state index is 9.90. The van der Waals surface area contributed by atoms with Crippen LogP contribution >= 0.6 is 13.5 Å². The Kier molecular flexibility index (Phi) is 8.69. The summed E-state index contributed by atoms with van der Waals surface area (Å²) in [5, 5.41) is 16.3. The van der Waals surface area contributed by atoms with E-state index in [1.165, 1.54) is 0 Å². The highest BCUT2D eigenvalue weighted by Gasteiger charge is 1.99. The fourth-order valence-corrected chi connectivity index (χ4v) is 0.552. The van der Waals surface area contributed by atoms with Crippen molar-refractivity contribution >= 4 is 25.4 Å². The number of hydrogen-bond acceptors (Lipinski definition) is 2. The van der Waals surface area contributed by atoms with Gasteiger partial charge in [0.15, 0.2) is 0 Å². The highest BCUT2D eigenvalue weighted by molar-refractivity contribution is 7.59. The van der Waals surface area contributed by atoms with Crippen molar-refractivity contribution in [1.29, 1.82) is 0 Å². The van der Waals surface area contributed by atoms with Crippen molar-refractivity contribution in [2.45, 2.75) is 25.7 Å². The number of aliphatic carboxylic acids is 2. The van der Waals surface area contributed by atoms with Crippen molar-refractivity contribution in [3.05, 3.63) is 0 Å². The van der Waals surface area contributed by atoms with Crippen molar-refractivity contribution in [1.82, 2.24) is 0 Å². The van der Waals surface area contributed by atoms with Crippen LogP contribution in [0.1, 0.15) is 25.7 Å². The second-order valence-electron chi connectivity index (χ2n) is 1.99. The van der Waals surface area contributed by atoms with Crippen LogP contribution in [0.25, 0.3) is 0 Å². The van der Waals surface area contributed by atoms with E-state index in [-0.39, 0.29) is 26.3 Å². The Hall–Kier alpha value is -0.710. The van der Waals surface area contributed by atoms with Gasteiger partial charge in [-0.3, -0.25) is 9.59 Å². The molecule has 0 aliphatic heterocycles. The predicted octanol–water partition coefficient (Wildman–Crippen LogP) is 0.829. The molecule has 0 atom stereocenters. The lowest BCUT2D eigenvalue weighted by Crippen LogP contribution is -1.97. The van der Waals surface area contributed by atoms with Gasteiger partial charge in [0.05, 0.1) is 0 Å². The molecule has 11 heavy (non-hydrogen) atoms. The van der Waals surface area contributed by atoms with E-state index in [0.29, 0.717) is 12.8 Å². The monoisotopic (exact) mass is 180 g/mol. The quantitative estimate of drug-likeness (QED) is 0.614. The number of rotatable bonds is 5. The second-order valence-corrected chi connectivity index (χ2v) is 1.99. The maximum Gasteiger partial charge on any atom is 0.303 e. The van der Waals surface area contributed by atoms with Gasteiger partial charge in [-0.1, -0.05) is 0 Å². The summed E-state index contributed by atoms with van der Waals surface area (Å²) in [6, 6.07) is 0. The molecule has 0 rings (SSSR count). The Morgan fingerprint density at radius 2 is 1.18 bits per heavy atom. The summed E-state index contributed by atoms with van der Waals surface area (Å²) in [5.41, 5.74) is 0. The molecule has 0 fully saturated rings. The van der Waals surface area contributed by atoms with Gasteiger partial charge in [0.25, 0.3) is 0 Å². The van der Waals surface area contributed by atoms with Gasteiger partial charge in [-0.2, -0.15) is 13.5 Å². The highest BCUT2D eigenvalue weighted by Crippen LogP contribution is 1.98. The van der Waals surface area contributed by atoms with Crippen molar-refractivity contribution in [3.8, 4) is 0 Å². The molecule has 0 saturated heterocycles. The molecular weight excluding hydrogens is 168 g/mol. The minimum absolute atomic E-state index is 0. The molecular formula is C6H12O4S. The summed E-state index contributed by atoms with van der Waals surface area (Å²) in [7, 11) is 0. The van der Waals surface area contributed by atoms with Crippen LogP contribution in [-0.2, 0) is 9.59 Å². The third-order valence-corrected chi connectivity index (χ3v) is 1.03. The van der Waals surface area contributed by atoms with E-state index in [1.54, 1.807) is 0 Å². The molecule has 0 saturated carbocycles. The van der Waals surface area contributed by atoms with Crippen molar-refractivity contribution in [3.63, 3.8) is 0 Å². The van der Waals surface area contributed by atoms with Crippen molar-refractivity contribution < 1.29 is 19.8 Å². The van der Waals surface area contributed by atoms with E-state index in [2.05, 4.69) is 0 Å². The molecule has 0 aromatic carbocycles. The first kappa shape index (κ1) is 12.9. The van der Waals surface area contributed by atoms with Crippen LogP contribution < -0.4 is 0 Å². The minimum Gasteiger partial charge on any atom is -0.481 e. The van der Waals surface area contributed by atoms with Crippen LogP contribution in [0.4, 0.5) is 0 Å². The molecule has 0 aliphatic rings. The first-order valence-electron chi connectivity index (χ1n) is 3.06. The molecule has 66 valence electrons. The molecule has 0 unspecified atom stereocenters. The van der Waals surface area contributed by atoms with Gasteiger partial charge in [-0.05, 0) is 12.8 Å². The zero-order valence-electron chi connectivity index (χ0n) is 6.04. The van der Waals surface area contributed by atoms with Gasteiger partial charge < -0.3 is 10.2 Å². The van der Waals surface area contributed by atoms with E-state index >= 15 is 0 Å². The first-order valence-corrected chi connectivity index (χ1v) is 3.06. The first-order chi connectivity index (χ1) is 4.63. The van der Waals surface area contributed by atoms with Crippen LogP contribution in [0.3, 0.4) is 0 Å². The Bertz CT molecular complexity index is 119. The fraction of sp³-hybridized carbons (Fsp3) is 0.667. The number of carboxylic acids is 2. The summed E-state index contributed by atoms with van der Waals surface area (Å²) in [4.78, 5) is 19.8. The summed E-state index contributed by atoms with van der Waals surface area (Å²) < 4.78 is 0. The van der Waals surface area contributed by atoms with Gasteiger partial charge in [-0.25, -0.2) is 0 Å². The molecule has 5 heteroatoms. The standard InChI is InChI=1S/C6H10O4.H2S/c7-5(8)3-1-2-4-6(9)10;/h1-4H2,(H,7,8)(H,9,10);1H2. The molecule has 2 N–H and O–H groups in total. The molecule has 0 radical (unpaired) electrons. The summed E-state index contributed by atoms with van der Waals surface area (Å²) in [5.74, 6) is -1.74. The number of carbonyl (C=O) groups is 2. The van der Waals surface area contributed by atoms with Crippen molar-refractivity contribution in [2.75, 3.05) is 0 Å². The van der Waals surface area contributed by atoms with E-state index < -0.39 is 11.9 Å². The van der Waals surface area contributed by atoms with Crippen LogP contribution in [0.15, 0.2) is 0 Å². The average Bonchev–Trinajstić information content (AvgIpc) is 1.79. The lowest BCUT2D eigenvalue weighted by Gasteiger charge is -1.92. The third-order valence-electron chi connectivity index (χ3n) is 1.03. The van der Waals surface area contributed by atoms with E-state index in [9.17, 15) is 9.59 Å². The summed E-state index contributed by atoms with van der Waals surface area (Å²) >= 11 is 0. The molecule has 0 amide bonds. The average molecular weight is 180 g/mol. The molecule has 0 aliphatic carbocycles. The molecule has 4 nitrogen and oxygen atoms in total. The van der Waals surface area contributed by atoms with Crippen LogP contribution in [0, 0.1) is 0 Å². The zero-order valence-corrected chi connectivity index (χ0v) is 7.04. The predicted molar refractivity (Wildman–Crippen MR) is 44.1 cm³/mol. The van der Waals surface area contributed by atoms with E-state index in [1.807, 2.05) is 0 Å². The zero-order chi connectivity index (χ0) is 7.98. The number of unbranched alkanes of at least 4 members (excludes halogenated alkanes) is 1. The molecule has 0 spiro atoms. The van der Waals surface area contributed by atoms with E-state index in [0.717, 1.165) is 0 Å². The lowest BCUT2D eigenvalue weighted by atomic mass is 10.2. The molecule has 0 aromatic heterocycles. The van der Waals surface area contributed by atoms with Gasteiger partial charge in [-0.15, -0.1) is 0 Å². The van der Waals surface area contributed by atoms with Gasteiger partial charge in [0.1, 0.15) is 0 Å². The van der Waals surface area contributed by atoms with Crippen molar-refractivity contribution in [2.24, 2.45) is 0 Å². The Labute approximate surface area is 71.7 Å². The summed E-state index contributed by atoms with van der Waals surface area (Å²) in [6.07, 6.45) is 1.02. The SMILES string of the molecule is O=C(O)CCCCC(=O)O.S. The number of hydrogen-bond donors (Lipinski definition) is 2. The maximum absolute atomic E-state index is 9.90. The Morgan fingerprint density at radius 1 is 0.909 bits per heavy atom. The molecule has 0 aromatic rings. The third kappa shape index (κ3) is 12.5. The fourth-order valence-electron chi connectivity index (χ4n) is 0.552. The Morgan fingerprint density at radius 3 is 1.36 bits per heavy atom. The van der Waals surface area contributed by atoms with Gasteiger partial charge in [0.2, 0.25) is 0 Å². The van der Waals surface area contributed by atoms with Crippen LogP contribution in [-0.4, -0.2) is 22.2 Å². The van der Waals surface area contributed by atoms with Crippen LogP contribution in [0.5, 0.6) is 0 Å². The van der Waals surface area contributed by atoms with E-state index in [4.69, 9.17) is 10.2 Å². The minimum atomic E-state index is -0.870. The largest absolute Gasteiger partial charge is 0.481 e. The lowest BCUT2D eigenvalue weighted by molar-refractivity contribution is -0.139. The Balaban J connectivity index is 0. The second kappa shape index (κ2) is 7.40. The summed E-state index contributed by atoms with van der Waals surface area (Å²) in [6.45, 7) is 0.